The van der Waals surface area contributed by atoms with E-state index in [1.54, 1.807) is 0 Å². The van der Waals surface area contributed by atoms with Crippen molar-refractivity contribution in [3.05, 3.63) is 255 Å². The molecule has 0 aliphatic rings. The summed E-state index contributed by atoms with van der Waals surface area (Å²) in [6.45, 7) is 0. The average molecular weight is 895 g/mol. The first kappa shape index (κ1) is 39.8. The Hall–Kier alpha value is -9.38. The number of rotatable bonds is 8. The van der Waals surface area contributed by atoms with Gasteiger partial charge in [0.25, 0.3) is 0 Å². The number of anilines is 3. The van der Waals surface area contributed by atoms with Gasteiger partial charge in [-0.25, -0.2) is 0 Å². The van der Waals surface area contributed by atoms with Gasteiger partial charge in [0.2, 0.25) is 0 Å². The van der Waals surface area contributed by atoms with Gasteiger partial charge >= 0.3 is 0 Å². The molecule has 3 heterocycles. The summed E-state index contributed by atoms with van der Waals surface area (Å²) in [5.41, 5.74) is 18.7. The maximum absolute atomic E-state index is 7.06. The molecular weight excluding hydrogens is 853 g/mol. The van der Waals surface area contributed by atoms with Gasteiger partial charge in [0, 0.05) is 55.0 Å². The van der Waals surface area contributed by atoms with Gasteiger partial charge in [-0.2, -0.15) is 0 Å². The standard InChI is InChI=1S/C66H42N2O2/c1-3-17-43(18-4-1)46-35-39-60(57(42-46)44-19-5-2-6-20-44)67(48-36-33-45(34-37-48)50-27-16-28-55-54-25-9-13-31-62(54)69-65(50)55)61-40-38-51(66-64(61)56-26-10-14-32-63(56)70-66)47-21-15-22-49(41-47)68-58-29-11-7-23-52(58)53-24-8-12-30-59(53)68/h1-42H. The van der Waals surface area contributed by atoms with Crippen LogP contribution in [0.5, 0.6) is 0 Å². The topological polar surface area (TPSA) is 34.5 Å². The van der Waals surface area contributed by atoms with Crippen molar-refractivity contribution in [2.45, 2.75) is 0 Å². The van der Waals surface area contributed by atoms with Crippen LogP contribution in [0.25, 0.3) is 116 Å². The highest BCUT2D eigenvalue weighted by atomic mass is 16.3. The van der Waals surface area contributed by atoms with Gasteiger partial charge in [-0.05, 0) is 101 Å². The molecule has 0 amide bonds. The molecule has 11 aromatic carbocycles. The van der Waals surface area contributed by atoms with Crippen LogP contribution >= 0.6 is 0 Å². The third-order valence-corrected chi connectivity index (χ3v) is 14.0. The van der Waals surface area contributed by atoms with Gasteiger partial charge in [0.15, 0.2) is 0 Å². The molecule has 70 heavy (non-hydrogen) atoms. The zero-order chi connectivity index (χ0) is 46.1. The lowest BCUT2D eigenvalue weighted by Gasteiger charge is -2.29. The normalized spacial score (nSPS) is 11.7. The first-order valence-corrected chi connectivity index (χ1v) is 23.8. The molecule has 4 nitrogen and oxygen atoms in total. The van der Waals surface area contributed by atoms with Crippen LogP contribution < -0.4 is 4.90 Å². The summed E-state index contributed by atoms with van der Waals surface area (Å²) in [6.07, 6.45) is 0. The van der Waals surface area contributed by atoms with Crippen molar-refractivity contribution in [1.29, 1.82) is 0 Å². The molecule has 0 atom stereocenters. The van der Waals surface area contributed by atoms with Crippen LogP contribution in [0.2, 0.25) is 0 Å². The van der Waals surface area contributed by atoms with E-state index in [1.807, 2.05) is 12.1 Å². The zero-order valence-corrected chi connectivity index (χ0v) is 38.0. The van der Waals surface area contributed by atoms with Crippen LogP contribution in [0.3, 0.4) is 0 Å². The summed E-state index contributed by atoms with van der Waals surface area (Å²) in [5.74, 6) is 0. The average Bonchev–Trinajstić information content (AvgIpc) is 4.12. The molecule has 0 unspecified atom stereocenters. The molecule has 0 saturated carbocycles. The lowest BCUT2D eigenvalue weighted by Crippen LogP contribution is -2.12. The largest absolute Gasteiger partial charge is 0.455 e. The zero-order valence-electron chi connectivity index (χ0n) is 38.0. The van der Waals surface area contributed by atoms with E-state index in [1.165, 1.54) is 21.8 Å². The molecule has 4 heteroatoms. The van der Waals surface area contributed by atoms with E-state index in [9.17, 15) is 0 Å². The maximum Gasteiger partial charge on any atom is 0.145 e. The highest BCUT2D eigenvalue weighted by Crippen LogP contribution is 2.50. The lowest BCUT2D eigenvalue weighted by molar-refractivity contribution is 0.669. The maximum atomic E-state index is 7.06. The van der Waals surface area contributed by atoms with Crippen LogP contribution in [0.1, 0.15) is 0 Å². The minimum Gasteiger partial charge on any atom is -0.455 e. The minimum atomic E-state index is 0.832. The third kappa shape index (κ3) is 6.38. The van der Waals surface area contributed by atoms with Crippen molar-refractivity contribution in [2.24, 2.45) is 0 Å². The van der Waals surface area contributed by atoms with Gasteiger partial charge in [0.1, 0.15) is 22.3 Å². The predicted molar refractivity (Wildman–Crippen MR) is 292 cm³/mol. The second kappa shape index (κ2) is 16.2. The van der Waals surface area contributed by atoms with Crippen molar-refractivity contribution in [2.75, 3.05) is 4.90 Å². The molecule has 0 fully saturated rings. The Morgan fingerprint density at radius 2 is 0.829 bits per heavy atom. The second-order valence-electron chi connectivity index (χ2n) is 18.0. The predicted octanol–water partition coefficient (Wildman–Crippen LogP) is 18.7. The fourth-order valence-electron chi connectivity index (χ4n) is 10.8. The van der Waals surface area contributed by atoms with E-state index in [-0.39, 0.29) is 0 Å². The van der Waals surface area contributed by atoms with Crippen LogP contribution in [0.4, 0.5) is 17.1 Å². The Labute approximate surface area is 404 Å². The van der Waals surface area contributed by atoms with Gasteiger partial charge < -0.3 is 18.3 Å². The van der Waals surface area contributed by atoms with E-state index >= 15 is 0 Å². The Kier molecular flexibility index (Phi) is 9.17. The van der Waals surface area contributed by atoms with E-state index in [0.29, 0.717) is 0 Å². The Bertz CT molecular complexity index is 4240. The lowest BCUT2D eigenvalue weighted by atomic mass is 9.95. The summed E-state index contributed by atoms with van der Waals surface area (Å²) in [6, 6.07) is 91.1. The quantitative estimate of drug-likeness (QED) is 0.152. The summed E-state index contributed by atoms with van der Waals surface area (Å²) in [7, 11) is 0. The van der Waals surface area contributed by atoms with Crippen LogP contribution in [-0.2, 0) is 0 Å². The molecule has 14 rings (SSSR count). The van der Waals surface area contributed by atoms with E-state index in [0.717, 1.165) is 111 Å². The monoisotopic (exact) mass is 894 g/mol. The molecular formula is C66H42N2O2. The van der Waals surface area contributed by atoms with Crippen molar-refractivity contribution in [1.82, 2.24) is 4.57 Å². The first-order chi connectivity index (χ1) is 34.7. The van der Waals surface area contributed by atoms with Gasteiger partial charge in [0.05, 0.1) is 27.8 Å². The molecule has 0 aliphatic heterocycles. The molecule has 328 valence electrons. The highest BCUT2D eigenvalue weighted by molar-refractivity contribution is 6.18. The third-order valence-electron chi connectivity index (χ3n) is 14.0. The number of benzene rings is 11. The molecule has 0 saturated heterocycles. The molecule has 3 aromatic heterocycles. The number of hydrogen-bond donors (Lipinski definition) is 0. The second-order valence-corrected chi connectivity index (χ2v) is 18.0. The van der Waals surface area contributed by atoms with Gasteiger partial charge in [-0.3, -0.25) is 0 Å². The Balaban J connectivity index is 0.995. The van der Waals surface area contributed by atoms with Crippen LogP contribution in [0.15, 0.2) is 264 Å². The number of hydrogen-bond acceptors (Lipinski definition) is 3. The minimum absolute atomic E-state index is 0.832. The molecule has 14 aromatic rings. The summed E-state index contributed by atoms with van der Waals surface area (Å²) < 4.78 is 16.0. The summed E-state index contributed by atoms with van der Waals surface area (Å²) in [4.78, 5) is 2.42. The van der Waals surface area contributed by atoms with Gasteiger partial charge in [-0.1, -0.05) is 182 Å². The van der Waals surface area contributed by atoms with E-state index < -0.39 is 0 Å². The van der Waals surface area contributed by atoms with Crippen LogP contribution in [0, 0.1) is 0 Å². The molecule has 0 spiro atoms. The number of aromatic nitrogens is 1. The van der Waals surface area contributed by atoms with Crippen molar-refractivity contribution < 1.29 is 8.83 Å². The van der Waals surface area contributed by atoms with Crippen molar-refractivity contribution >= 4 is 82.7 Å². The number of fused-ring (bicyclic) bond motifs is 9. The fourth-order valence-corrected chi connectivity index (χ4v) is 10.8. The first-order valence-electron chi connectivity index (χ1n) is 23.8. The summed E-state index contributed by atoms with van der Waals surface area (Å²) in [5, 5.41) is 6.79. The highest BCUT2D eigenvalue weighted by Gasteiger charge is 2.25. The number of para-hydroxylation sites is 5. The van der Waals surface area contributed by atoms with E-state index in [4.69, 9.17) is 8.83 Å². The van der Waals surface area contributed by atoms with Crippen molar-refractivity contribution in [3.63, 3.8) is 0 Å². The number of furan rings is 2. The Morgan fingerprint density at radius 1 is 0.300 bits per heavy atom. The van der Waals surface area contributed by atoms with Gasteiger partial charge in [-0.15, -0.1) is 0 Å². The molecule has 0 bridgehead atoms. The smallest absolute Gasteiger partial charge is 0.145 e. The fraction of sp³-hybridized carbons (Fsp3) is 0. The van der Waals surface area contributed by atoms with E-state index in [2.05, 4.69) is 252 Å². The Morgan fingerprint density at radius 3 is 1.57 bits per heavy atom. The summed E-state index contributed by atoms with van der Waals surface area (Å²) >= 11 is 0. The van der Waals surface area contributed by atoms with Crippen LogP contribution in [-0.4, -0.2) is 4.57 Å². The SMILES string of the molecule is c1ccc(-c2ccc(N(c3ccc(-c4cccc5c4oc4ccccc45)cc3)c3ccc(-c4cccc(-n5c6ccccc6c6ccccc65)c4)c4oc5ccccc5c34)c(-c3ccccc3)c2)cc1. The molecule has 0 aliphatic carbocycles. The molecule has 0 radical (unpaired) electrons. The van der Waals surface area contributed by atoms with Crippen molar-refractivity contribution in [3.8, 4) is 50.2 Å². The molecule has 0 N–H and O–H groups in total. The number of nitrogens with zero attached hydrogens (tertiary/aromatic N) is 2.